The van der Waals surface area contributed by atoms with Gasteiger partial charge in [0.25, 0.3) is 0 Å². The van der Waals surface area contributed by atoms with E-state index in [1.165, 1.54) is 0 Å². The summed E-state index contributed by atoms with van der Waals surface area (Å²) in [6.45, 7) is 0. The number of hydrogen-bond donors (Lipinski definition) is 1. The lowest BCUT2D eigenvalue weighted by atomic mass is 10.1. The molecule has 0 saturated carbocycles. The van der Waals surface area contributed by atoms with Crippen LogP contribution in [0.1, 0.15) is 0 Å². The highest BCUT2D eigenvalue weighted by atomic mass is 14.7. The predicted molar refractivity (Wildman–Crippen MR) is 61.5 cm³/mol. The van der Waals surface area contributed by atoms with E-state index in [2.05, 4.69) is 9.97 Å². The Balaban J connectivity index is 2.60. The maximum Gasteiger partial charge on any atom is 0.0965 e. The van der Waals surface area contributed by atoms with Gasteiger partial charge in [-0.15, -0.1) is 0 Å². The van der Waals surface area contributed by atoms with Gasteiger partial charge in [0.1, 0.15) is 0 Å². The quantitative estimate of drug-likeness (QED) is 0.442. The first kappa shape index (κ1) is 8.17. The second-order valence-electron chi connectivity index (χ2n) is 3.44. The largest absolute Gasteiger partial charge is 0.398 e. The third-order valence-corrected chi connectivity index (χ3v) is 2.51. The van der Waals surface area contributed by atoms with Crippen LogP contribution in [0.25, 0.3) is 21.8 Å². The molecule has 2 heterocycles. The third-order valence-electron chi connectivity index (χ3n) is 2.51. The molecule has 3 heteroatoms. The first-order chi connectivity index (χ1) is 7.36. The Morgan fingerprint density at radius 2 is 1.87 bits per heavy atom. The molecule has 0 aliphatic heterocycles. The number of pyridine rings is 2. The first-order valence-electron chi connectivity index (χ1n) is 4.74. The molecule has 2 N–H and O–H groups in total. The van der Waals surface area contributed by atoms with Crippen LogP contribution in [0.5, 0.6) is 0 Å². The highest BCUT2D eigenvalue weighted by Gasteiger charge is 2.03. The van der Waals surface area contributed by atoms with E-state index < -0.39 is 0 Å². The minimum Gasteiger partial charge on any atom is -0.398 e. The van der Waals surface area contributed by atoms with Gasteiger partial charge in [-0.2, -0.15) is 0 Å². The number of aromatic nitrogens is 2. The molecule has 0 unspecified atom stereocenters. The maximum atomic E-state index is 5.88. The van der Waals surface area contributed by atoms with E-state index in [-0.39, 0.29) is 0 Å². The smallest absolute Gasteiger partial charge is 0.0965 e. The average Bonchev–Trinajstić information content (AvgIpc) is 2.29. The zero-order chi connectivity index (χ0) is 10.3. The molecule has 0 radical (unpaired) electrons. The van der Waals surface area contributed by atoms with Crippen molar-refractivity contribution in [1.29, 1.82) is 0 Å². The van der Waals surface area contributed by atoms with Crippen LogP contribution in [0.3, 0.4) is 0 Å². The van der Waals surface area contributed by atoms with Crippen molar-refractivity contribution >= 4 is 27.5 Å². The number of nitrogens with two attached hydrogens (primary N) is 1. The highest BCUT2D eigenvalue weighted by Crippen LogP contribution is 2.25. The molecule has 0 bridgehead atoms. The summed E-state index contributed by atoms with van der Waals surface area (Å²) in [5, 5.41) is 2.02. The Morgan fingerprint density at radius 3 is 2.80 bits per heavy atom. The minimum absolute atomic E-state index is 0.743. The van der Waals surface area contributed by atoms with Gasteiger partial charge in [0.15, 0.2) is 0 Å². The van der Waals surface area contributed by atoms with E-state index in [4.69, 9.17) is 5.73 Å². The standard InChI is InChI=1S/C12H9N3/c13-10-4-1-3-8-9(10)7-15-11-5-2-6-14-12(8)11/h1-7H,13H2. The number of hydrogen-bond acceptors (Lipinski definition) is 3. The van der Waals surface area contributed by atoms with Crippen molar-refractivity contribution in [3.8, 4) is 0 Å². The Hall–Kier alpha value is -2.16. The number of benzene rings is 1. The highest BCUT2D eigenvalue weighted by molar-refractivity contribution is 6.07. The van der Waals surface area contributed by atoms with E-state index in [9.17, 15) is 0 Å². The summed E-state index contributed by atoms with van der Waals surface area (Å²) >= 11 is 0. The lowest BCUT2D eigenvalue weighted by Crippen LogP contribution is -1.89. The van der Waals surface area contributed by atoms with Crippen LogP contribution in [0.2, 0.25) is 0 Å². The van der Waals surface area contributed by atoms with Gasteiger partial charge in [-0.25, -0.2) is 0 Å². The average molecular weight is 195 g/mol. The van der Waals surface area contributed by atoms with Gasteiger partial charge >= 0.3 is 0 Å². The minimum atomic E-state index is 0.743. The monoisotopic (exact) mass is 195 g/mol. The van der Waals surface area contributed by atoms with Crippen LogP contribution in [0.4, 0.5) is 5.69 Å². The summed E-state index contributed by atoms with van der Waals surface area (Å²) in [7, 11) is 0. The molecule has 15 heavy (non-hydrogen) atoms. The van der Waals surface area contributed by atoms with Crippen LogP contribution in [0, 0.1) is 0 Å². The summed E-state index contributed by atoms with van der Waals surface area (Å²) in [5.74, 6) is 0. The Bertz CT molecular complexity index is 646. The van der Waals surface area contributed by atoms with E-state index in [1.807, 2.05) is 30.3 Å². The van der Waals surface area contributed by atoms with E-state index >= 15 is 0 Å². The van der Waals surface area contributed by atoms with Crippen molar-refractivity contribution in [2.45, 2.75) is 0 Å². The van der Waals surface area contributed by atoms with Crippen LogP contribution in [-0.4, -0.2) is 9.97 Å². The van der Waals surface area contributed by atoms with Crippen molar-refractivity contribution in [2.75, 3.05) is 5.73 Å². The Morgan fingerprint density at radius 1 is 0.933 bits per heavy atom. The van der Waals surface area contributed by atoms with Gasteiger partial charge in [0.2, 0.25) is 0 Å². The molecule has 0 atom stereocenters. The fraction of sp³-hybridized carbons (Fsp3) is 0. The van der Waals surface area contributed by atoms with Crippen LogP contribution < -0.4 is 5.73 Å². The molecule has 0 spiro atoms. The van der Waals surface area contributed by atoms with Crippen molar-refractivity contribution in [3.63, 3.8) is 0 Å². The molecule has 0 aliphatic rings. The van der Waals surface area contributed by atoms with Gasteiger partial charge in [-0.1, -0.05) is 12.1 Å². The van der Waals surface area contributed by atoms with Gasteiger partial charge in [0, 0.05) is 28.9 Å². The third kappa shape index (κ3) is 1.13. The normalized spacial score (nSPS) is 10.9. The number of nitrogen functional groups attached to an aromatic ring is 1. The fourth-order valence-corrected chi connectivity index (χ4v) is 1.78. The molecule has 0 saturated heterocycles. The number of nitrogens with zero attached hydrogens (tertiary/aromatic N) is 2. The summed E-state index contributed by atoms with van der Waals surface area (Å²) in [6.07, 6.45) is 3.57. The Labute approximate surface area is 86.6 Å². The predicted octanol–water partition coefficient (Wildman–Crippen LogP) is 2.37. The topological polar surface area (TPSA) is 51.8 Å². The van der Waals surface area contributed by atoms with Gasteiger partial charge < -0.3 is 5.73 Å². The van der Waals surface area contributed by atoms with E-state index in [0.29, 0.717) is 0 Å². The van der Waals surface area contributed by atoms with Crippen LogP contribution >= 0.6 is 0 Å². The van der Waals surface area contributed by atoms with Crippen molar-refractivity contribution in [1.82, 2.24) is 9.97 Å². The van der Waals surface area contributed by atoms with E-state index in [1.54, 1.807) is 12.4 Å². The molecule has 3 aromatic rings. The molecule has 1 aromatic carbocycles. The lowest BCUT2D eigenvalue weighted by Gasteiger charge is -2.03. The summed E-state index contributed by atoms with van der Waals surface area (Å²) < 4.78 is 0. The Kier molecular flexibility index (Phi) is 1.59. The van der Waals surface area contributed by atoms with Crippen molar-refractivity contribution in [3.05, 3.63) is 42.7 Å². The molecule has 0 fully saturated rings. The molecule has 0 aliphatic carbocycles. The molecular formula is C12H9N3. The molecule has 3 rings (SSSR count). The molecule has 2 aromatic heterocycles. The zero-order valence-electron chi connectivity index (χ0n) is 8.01. The lowest BCUT2D eigenvalue weighted by molar-refractivity contribution is 1.36. The first-order valence-corrected chi connectivity index (χ1v) is 4.74. The number of fused-ring (bicyclic) bond motifs is 3. The maximum absolute atomic E-state index is 5.88. The van der Waals surface area contributed by atoms with Gasteiger partial charge in [0.05, 0.1) is 11.0 Å². The summed E-state index contributed by atoms with van der Waals surface area (Å²) in [4.78, 5) is 8.66. The van der Waals surface area contributed by atoms with E-state index in [0.717, 1.165) is 27.5 Å². The van der Waals surface area contributed by atoms with Crippen molar-refractivity contribution < 1.29 is 0 Å². The van der Waals surface area contributed by atoms with Crippen LogP contribution in [0.15, 0.2) is 42.7 Å². The van der Waals surface area contributed by atoms with Gasteiger partial charge in [-0.05, 0) is 18.2 Å². The number of anilines is 1. The molecule has 72 valence electrons. The summed E-state index contributed by atoms with van der Waals surface area (Å²) in [6, 6.07) is 9.66. The second-order valence-corrected chi connectivity index (χ2v) is 3.44. The van der Waals surface area contributed by atoms with Crippen molar-refractivity contribution in [2.24, 2.45) is 0 Å². The molecular weight excluding hydrogens is 186 g/mol. The number of rotatable bonds is 0. The fourth-order valence-electron chi connectivity index (χ4n) is 1.78. The SMILES string of the molecule is Nc1cccc2c1cnc1cccnc12. The molecule has 0 amide bonds. The second kappa shape index (κ2) is 2.92. The summed E-state index contributed by atoms with van der Waals surface area (Å²) in [5.41, 5.74) is 8.43. The molecule has 3 nitrogen and oxygen atoms in total. The zero-order valence-corrected chi connectivity index (χ0v) is 8.01. The van der Waals surface area contributed by atoms with Crippen LogP contribution in [-0.2, 0) is 0 Å². The van der Waals surface area contributed by atoms with Gasteiger partial charge in [-0.3, -0.25) is 9.97 Å².